The molecule has 10 nitrogen and oxygen atoms in total. The number of benzene rings is 2. The van der Waals surface area contributed by atoms with Gasteiger partial charge in [-0.25, -0.2) is 19.2 Å². The molecule has 0 saturated heterocycles. The summed E-state index contributed by atoms with van der Waals surface area (Å²) in [5.74, 6) is -2.57. The Bertz CT molecular complexity index is 845. The number of aliphatic carboxylic acids is 2. The van der Waals surface area contributed by atoms with E-state index < -0.39 is 36.2 Å². The summed E-state index contributed by atoms with van der Waals surface area (Å²) in [5, 5.41) is 23.2. The number of nitrogens with one attached hydrogen (secondary N) is 2. The molecule has 0 saturated carbocycles. The molecule has 0 aliphatic heterocycles. The van der Waals surface area contributed by atoms with Gasteiger partial charge in [-0.1, -0.05) is 60.7 Å². The van der Waals surface area contributed by atoms with E-state index in [4.69, 9.17) is 9.47 Å². The van der Waals surface area contributed by atoms with Crippen LogP contribution in [-0.2, 0) is 32.3 Å². The van der Waals surface area contributed by atoms with Crippen molar-refractivity contribution in [3.63, 3.8) is 0 Å². The molecule has 2 atom stereocenters. The Kier molecular flexibility index (Phi) is 10.2. The molecule has 0 aliphatic carbocycles. The maximum atomic E-state index is 11.9. The zero-order valence-electron chi connectivity index (χ0n) is 17.8. The van der Waals surface area contributed by atoms with Crippen LogP contribution in [0.15, 0.2) is 60.7 Å². The smallest absolute Gasteiger partial charge is 0.408 e. The molecule has 10 heteroatoms. The average Bonchev–Trinajstić information content (AvgIpc) is 2.81. The van der Waals surface area contributed by atoms with Gasteiger partial charge in [0.2, 0.25) is 0 Å². The second-order valence-corrected chi connectivity index (χ2v) is 7.12. The fourth-order valence-electron chi connectivity index (χ4n) is 2.85. The first-order chi connectivity index (χ1) is 15.8. The first-order valence-corrected chi connectivity index (χ1v) is 10.2. The second kappa shape index (κ2) is 13.4. The molecule has 0 fully saturated rings. The van der Waals surface area contributed by atoms with E-state index in [0.29, 0.717) is 0 Å². The quantitative estimate of drug-likeness (QED) is 0.379. The number of carbonyl (C=O) groups is 4. The van der Waals surface area contributed by atoms with Crippen molar-refractivity contribution in [2.75, 3.05) is 0 Å². The van der Waals surface area contributed by atoms with E-state index in [1.165, 1.54) is 0 Å². The molecule has 0 spiro atoms. The van der Waals surface area contributed by atoms with E-state index in [9.17, 15) is 29.4 Å². The summed E-state index contributed by atoms with van der Waals surface area (Å²) >= 11 is 0. The first kappa shape index (κ1) is 25.2. The molecule has 2 amide bonds. The number of amides is 2. The Morgan fingerprint density at radius 3 is 1.36 bits per heavy atom. The number of carboxylic acid groups (broad SMARTS) is 2. The fraction of sp³-hybridized carbons (Fsp3) is 0.304. The Labute approximate surface area is 190 Å². The minimum atomic E-state index is -1.28. The number of carboxylic acids is 2. The topological polar surface area (TPSA) is 151 Å². The van der Waals surface area contributed by atoms with Crippen molar-refractivity contribution in [1.29, 1.82) is 0 Å². The molecule has 2 rings (SSSR count). The number of ether oxygens (including phenoxy) is 2. The molecule has 0 aromatic heterocycles. The predicted molar refractivity (Wildman–Crippen MR) is 116 cm³/mol. The SMILES string of the molecule is O=C(N[C@H](CCC[C@@H](NC(=O)OCc1ccccc1)C(=O)O)C(=O)O)OCc1ccccc1. The monoisotopic (exact) mass is 458 g/mol. The van der Waals surface area contributed by atoms with Crippen molar-refractivity contribution in [1.82, 2.24) is 10.6 Å². The third-order valence-corrected chi connectivity index (χ3v) is 4.59. The van der Waals surface area contributed by atoms with Crippen LogP contribution in [0.5, 0.6) is 0 Å². The lowest BCUT2D eigenvalue weighted by atomic mass is 10.1. The molecular weight excluding hydrogens is 432 g/mol. The van der Waals surface area contributed by atoms with Crippen LogP contribution >= 0.6 is 0 Å². The lowest BCUT2D eigenvalue weighted by molar-refractivity contribution is -0.139. The van der Waals surface area contributed by atoms with Gasteiger partial charge in [0.1, 0.15) is 25.3 Å². The molecule has 0 radical (unpaired) electrons. The molecule has 33 heavy (non-hydrogen) atoms. The maximum absolute atomic E-state index is 11.9. The summed E-state index contributed by atoms with van der Waals surface area (Å²) in [6.07, 6.45) is -1.81. The lowest BCUT2D eigenvalue weighted by Gasteiger charge is -2.17. The number of alkyl carbamates (subject to hydrolysis) is 2. The largest absolute Gasteiger partial charge is 0.480 e. The second-order valence-electron chi connectivity index (χ2n) is 7.12. The molecule has 0 aliphatic rings. The number of carbonyl (C=O) groups excluding carboxylic acids is 2. The number of rotatable bonds is 12. The van der Waals surface area contributed by atoms with Crippen LogP contribution in [0.4, 0.5) is 9.59 Å². The number of hydrogen-bond donors (Lipinski definition) is 4. The van der Waals surface area contributed by atoms with Crippen molar-refractivity contribution in [3.05, 3.63) is 71.8 Å². The standard InChI is InChI=1S/C23H26N2O8/c26-20(27)18(24-22(30)32-14-16-8-3-1-4-9-16)12-7-13-19(21(28)29)25-23(31)33-15-17-10-5-2-6-11-17/h1-6,8-11,18-19H,7,12-15H2,(H,24,30)(H,25,31)(H,26,27)(H,28,29)/t18-,19-/m1/s1. The van der Waals surface area contributed by atoms with Gasteiger partial charge in [0.05, 0.1) is 0 Å². The molecule has 176 valence electrons. The molecule has 2 aromatic carbocycles. The van der Waals surface area contributed by atoms with Crippen molar-refractivity contribution in [3.8, 4) is 0 Å². The predicted octanol–water partition coefficient (Wildman–Crippen LogP) is 2.92. The van der Waals surface area contributed by atoms with Crippen LogP contribution in [0.2, 0.25) is 0 Å². The van der Waals surface area contributed by atoms with Crippen LogP contribution in [0.3, 0.4) is 0 Å². The van der Waals surface area contributed by atoms with Gasteiger partial charge in [-0.15, -0.1) is 0 Å². The highest BCUT2D eigenvalue weighted by Crippen LogP contribution is 2.08. The summed E-state index contributed by atoms with van der Waals surface area (Å²) in [4.78, 5) is 46.7. The van der Waals surface area contributed by atoms with Crippen molar-refractivity contribution < 1.29 is 38.9 Å². The summed E-state index contributed by atoms with van der Waals surface area (Å²) in [6, 6.07) is 15.2. The van der Waals surface area contributed by atoms with Gasteiger partial charge >= 0.3 is 24.1 Å². The van der Waals surface area contributed by atoms with Crippen LogP contribution in [0, 0.1) is 0 Å². The number of hydrogen-bond acceptors (Lipinski definition) is 6. The van der Waals surface area contributed by atoms with E-state index >= 15 is 0 Å². The maximum Gasteiger partial charge on any atom is 0.408 e. The van der Waals surface area contributed by atoms with Gasteiger partial charge in [-0.3, -0.25) is 0 Å². The summed E-state index contributed by atoms with van der Waals surface area (Å²) < 4.78 is 10.0. The molecule has 0 bridgehead atoms. The van der Waals surface area contributed by atoms with E-state index in [1.54, 1.807) is 48.5 Å². The van der Waals surface area contributed by atoms with Gasteiger partial charge in [-0.2, -0.15) is 0 Å². The summed E-state index contributed by atoms with van der Waals surface area (Å²) in [6.45, 7) is -0.0375. The first-order valence-electron chi connectivity index (χ1n) is 10.2. The zero-order chi connectivity index (χ0) is 24.1. The van der Waals surface area contributed by atoms with Gasteiger partial charge in [-0.05, 0) is 30.4 Å². The Morgan fingerprint density at radius 2 is 1.03 bits per heavy atom. The highest BCUT2D eigenvalue weighted by atomic mass is 16.6. The average molecular weight is 458 g/mol. The van der Waals surface area contributed by atoms with Gasteiger partial charge in [0.15, 0.2) is 0 Å². The fourth-order valence-corrected chi connectivity index (χ4v) is 2.85. The molecular formula is C23H26N2O8. The van der Waals surface area contributed by atoms with Crippen LogP contribution < -0.4 is 10.6 Å². The van der Waals surface area contributed by atoms with Crippen molar-refractivity contribution >= 4 is 24.1 Å². The third-order valence-electron chi connectivity index (χ3n) is 4.59. The van der Waals surface area contributed by atoms with Crippen molar-refractivity contribution in [2.45, 2.75) is 44.6 Å². The van der Waals surface area contributed by atoms with E-state index in [1.807, 2.05) is 12.1 Å². The Morgan fingerprint density at radius 1 is 0.667 bits per heavy atom. The normalized spacial score (nSPS) is 12.1. The molecule has 0 unspecified atom stereocenters. The highest BCUT2D eigenvalue weighted by molar-refractivity contribution is 5.80. The van der Waals surface area contributed by atoms with E-state index in [0.717, 1.165) is 11.1 Å². The highest BCUT2D eigenvalue weighted by Gasteiger charge is 2.24. The minimum absolute atomic E-state index is 0.0187. The van der Waals surface area contributed by atoms with E-state index in [2.05, 4.69) is 10.6 Å². The Hall–Kier alpha value is -4.08. The summed E-state index contributed by atoms with van der Waals surface area (Å²) in [5.41, 5.74) is 1.49. The van der Waals surface area contributed by atoms with Crippen LogP contribution in [0.1, 0.15) is 30.4 Å². The summed E-state index contributed by atoms with van der Waals surface area (Å²) in [7, 11) is 0. The van der Waals surface area contributed by atoms with Crippen molar-refractivity contribution in [2.24, 2.45) is 0 Å². The zero-order valence-corrected chi connectivity index (χ0v) is 17.8. The lowest BCUT2D eigenvalue weighted by Crippen LogP contribution is -2.43. The van der Waals surface area contributed by atoms with Gasteiger partial charge in [0.25, 0.3) is 0 Å². The minimum Gasteiger partial charge on any atom is -0.480 e. The van der Waals surface area contributed by atoms with Crippen LogP contribution in [-0.4, -0.2) is 46.4 Å². The van der Waals surface area contributed by atoms with Gasteiger partial charge < -0.3 is 30.3 Å². The van der Waals surface area contributed by atoms with Gasteiger partial charge in [0, 0.05) is 0 Å². The third kappa shape index (κ3) is 9.72. The molecule has 2 aromatic rings. The molecule has 4 N–H and O–H groups in total. The van der Waals surface area contributed by atoms with Crippen LogP contribution in [0.25, 0.3) is 0 Å². The molecule has 0 heterocycles. The van der Waals surface area contributed by atoms with E-state index in [-0.39, 0.29) is 32.5 Å². The Balaban J connectivity index is 1.76.